The molecule has 1 aromatic rings. The number of hydrogen-bond donors (Lipinski definition) is 2. The monoisotopic (exact) mass is 279 g/mol. The third-order valence-corrected chi connectivity index (χ3v) is 4.37. The Morgan fingerprint density at radius 2 is 1.89 bits per heavy atom. The van der Waals surface area contributed by atoms with Gasteiger partial charge in [0, 0.05) is 4.90 Å². The molecule has 1 fully saturated rings. The Morgan fingerprint density at radius 1 is 1.26 bits per heavy atom. The van der Waals surface area contributed by atoms with Crippen molar-refractivity contribution in [3.8, 4) is 0 Å². The zero-order chi connectivity index (χ0) is 13.9. The van der Waals surface area contributed by atoms with Crippen LogP contribution in [0.25, 0.3) is 0 Å². The average molecular weight is 279 g/mol. The number of carbonyl (C=O) groups is 2. The molecule has 1 aliphatic rings. The molecule has 102 valence electrons. The molecule has 1 aromatic carbocycles. The van der Waals surface area contributed by atoms with E-state index in [2.05, 4.69) is 5.32 Å². The largest absolute Gasteiger partial charge is 0.480 e. The van der Waals surface area contributed by atoms with Gasteiger partial charge in [-0.1, -0.05) is 25.0 Å². The van der Waals surface area contributed by atoms with Gasteiger partial charge in [0.25, 0.3) is 5.91 Å². The van der Waals surface area contributed by atoms with E-state index in [0.29, 0.717) is 18.4 Å². The first kappa shape index (κ1) is 13.9. The molecule has 0 saturated heterocycles. The number of hydrogen-bond acceptors (Lipinski definition) is 3. The first-order chi connectivity index (χ1) is 9.09. The van der Waals surface area contributed by atoms with E-state index in [1.165, 1.54) is 11.8 Å². The van der Waals surface area contributed by atoms with Crippen LogP contribution in [0.3, 0.4) is 0 Å². The molecular weight excluding hydrogens is 262 g/mol. The number of thioether (sulfide) groups is 1. The molecule has 19 heavy (non-hydrogen) atoms. The van der Waals surface area contributed by atoms with E-state index in [-0.39, 0.29) is 5.91 Å². The highest BCUT2D eigenvalue weighted by molar-refractivity contribution is 7.98. The lowest BCUT2D eigenvalue weighted by Gasteiger charge is -2.25. The lowest BCUT2D eigenvalue weighted by molar-refractivity contribution is -0.144. The number of carbonyl (C=O) groups excluding carboxylic acids is 1. The number of rotatable bonds is 4. The van der Waals surface area contributed by atoms with Gasteiger partial charge in [0.05, 0.1) is 5.56 Å². The van der Waals surface area contributed by atoms with Crippen molar-refractivity contribution in [2.45, 2.75) is 36.1 Å². The maximum absolute atomic E-state index is 12.3. The number of carboxylic acids is 1. The Bertz CT molecular complexity index is 495. The molecule has 1 aliphatic carbocycles. The van der Waals surface area contributed by atoms with Crippen molar-refractivity contribution in [1.29, 1.82) is 0 Å². The second kappa shape index (κ2) is 5.65. The minimum absolute atomic E-state index is 0.297. The van der Waals surface area contributed by atoms with Crippen LogP contribution in [0.4, 0.5) is 0 Å². The molecule has 4 nitrogen and oxygen atoms in total. The van der Waals surface area contributed by atoms with Crippen LogP contribution in [0.5, 0.6) is 0 Å². The van der Waals surface area contributed by atoms with Crippen LogP contribution in [0, 0.1) is 0 Å². The van der Waals surface area contributed by atoms with Crippen LogP contribution in [0.15, 0.2) is 29.2 Å². The van der Waals surface area contributed by atoms with E-state index in [4.69, 9.17) is 0 Å². The van der Waals surface area contributed by atoms with Gasteiger partial charge in [-0.15, -0.1) is 11.8 Å². The van der Waals surface area contributed by atoms with Gasteiger partial charge in [0.1, 0.15) is 5.54 Å². The fourth-order valence-corrected chi connectivity index (χ4v) is 3.08. The van der Waals surface area contributed by atoms with Gasteiger partial charge in [-0.3, -0.25) is 4.79 Å². The predicted molar refractivity (Wildman–Crippen MR) is 74.5 cm³/mol. The first-order valence-electron chi connectivity index (χ1n) is 6.28. The van der Waals surface area contributed by atoms with Crippen molar-refractivity contribution in [3.63, 3.8) is 0 Å². The lowest BCUT2D eigenvalue weighted by Crippen LogP contribution is -2.52. The van der Waals surface area contributed by atoms with Crippen LogP contribution in [-0.2, 0) is 4.79 Å². The molecule has 0 atom stereocenters. The summed E-state index contributed by atoms with van der Waals surface area (Å²) in [6.45, 7) is 0. The van der Waals surface area contributed by atoms with Crippen LogP contribution in [0.1, 0.15) is 36.0 Å². The van der Waals surface area contributed by atoms with Crippen LogP contribution >= 0.6 is 11.8 Å². The molecule has 5 heteroatoms. The molecule has 0 bridgehead atoms. The maximum atomic E-state index is 12.3. The third-order valence-electron chi connectivity index (χ3n) is 3.57. The minimum Gasteiger partial charge on any atom is -0.480 e. The second-order valence-electron chi connectivity index (χ2n) is 4.75. The highest BCUT2D eigenvalue weighted by atomic mass is 32.2. The summed E-state index contributed by atoms with van der Waals surface area (Å²) in [5, 5.41) is 12.1. The molecule has 1 saturated carbocycles. The smallest absolute Gasteiger partial charge is 0.329 e. The molecule has 0 spiro atoms. The maximum Gasteiger partial charge on any atom is 0.329 e. The van der Waals surface area contributed by atoms with Gasteiger partial charge >= 0.3 is 5.97 Å². The van der Waals surface area contributed by atoms with Gasteiger partial charge < -0.3 is 10.4 Å². The van der Waals surface area contributed by atoms with Gasteiger partial charge in [-0.05, 0) is 31.2 Å². The minimum atomic E-state index is -1.08. The van der Waals surface area contributed by atoms with Crippen molar-refractivity contribution in [2.24, 2.45) is 0 Å². The van der Waals surface area contributed by atoms with E-state index in [1.54, 1.807) is 12.1 Å². The van der Waals surface area contributed by atoms with Gasteiger partial charge in [-0.2, -0.15) is 0 Å². The molecule has 2 N–H and O–H groups in total. The van der Waals surface area contributed by atoms with E-state index >= 15 is 0 Å². The number of benzene rings is 1. The lowest BCUT2D eigenvalue weighted by atomic mass is 9.97. The van der Waals surface area contributed by atoms with Gasteiger partial charge in [0.2, 0.25) is 0 Å². The third kappa shape index (κ3) is 2.76. The number of carboxylic acid groups (broad SMARTS) is 1. The second-order valence-corrected chi connectivity index (χ2v) is 5.60. The summed E-state index contributed by atoms with van der Waals surface area (Å²) >= 11 is 1.48. The van der Waals surface area contributed by atoms with Crippen LogP contribution in [0.2, 0.25) is 0 Å². The summed E-state index contributed by atoms with van der Waals surface area (Å²) in [7, 11) is 0. The highest BCUT2D eigenvalue weighted by Gasteiger charge is 2.42. The fraction of sp³-hybridized carbons (Fsp3) is 0.429. The molecule has 0 heterocycles. The normalized spacial score (nSPS) is 17.1. The Balaban J connectivity index is 2.23. The van der Waals surface area contributed by atoms with E-state index in [9.17, 15) is 14.7 Å². The molecule has 0 radical (unpaired) electrons. The standard InChI is InChI=1S/C14H17NO3S/c1-19-11-7-3-2-6-10(11)12(16)15-14(13(17)18)8-4-5-9-14/h2-3,6-7H,4-5,8-9H2,1H3,(H,15,16)(H,17,18). The SMILES string of the molecule is CSc1ccccc1C(=O)NC1(C(=O)O)CCCC1. The summed E-state index contributed by atoms with van der Waals surface area (Å²) in [6, 6.07) is 7.25. The number of nitrogens with one attached hydrogen (secondary N) is 1. The van der Waals surface area contributed by atoms with Crippen molar-refractivity contribution in [3.05, 3.63) is 29.8 Å². The quantitative estimate of drug-likeness (QED) is 0.831. The molecule has 2 rings (SSSR count). The Labute approximate surface area is 116 Å². The topological polar surface area (TPSA) is 66.4 Å². The average Bonchev–Trinajstić information content (AvgIpc) is 2.88. The Kier molecular flexibility index (Phi) is 4.14. The summed E-state index contributed by atoms with van der Waals surface area (Å²) in [6.07, 6.45) is 4.60. The number of amides is 1. The first-order valence-corrected chi connectivity index (χ1v) is 7.50. The van der Waals surface area contributed by atoms with Crippen LogP contribution in [-0.4, -0.2) is 28.8 Å². The molecule has 1 amide bonds. The summed E-state index contributed by atoms with van der Waals surface area (Å²) in [5.74, 6) is -1.23. The zero-order valence-corrected chi connectivity index (χ0v) is 11.6. The van der Waals surface area contributed by atoms with Gasteiger partial charge in [0.15, 0.2) is 0 Å². The highest BCUT2D eigenvalue weighted by Crippen LogP contribution is 2.31. The van der Waals surface area contributed by atoms with Crippen molar-refractivity contribution in [2.75, 3.05) is 6.26 Å². The van der Waals surface area contributed by atoms with E-state index in [0.717, 1.165) is 17.7 Å². The van der Waals surface area contributed by atoms with E-state index < -0.39 is 11.5 Å². The predicted octanol–water partition coefficient (Wildman–Crippen LogP) is 2.54. The van der Waals surface area contributed by atoms with Crippen molar-refractivity contribution in [1.82, 2.24) is 5.32 Å². The van der Waals surface area contributed by atoms with Crippen molar-refractivity contribution >= 4 is 23.6 Å². The van der Waals surface area contributed by atoms with Crippen molar-refractivity contribution < 1.29 is 14.7 Å². The summed E-state index contributed by atoms with van der Waals surface area (Å²) < 4.78 is 0. The van der Waals surface area contributed by atoms with Gasteiger partial charge in [-0.25, -0.2) is 4.79 Å². The fourth-order valence-electron chi connectivity index (χ4n) is 2.49. The van der Waals surface area contributed by atoms with E-state index in [1.807, 2.05) is 18.4 Å². The summed E-state index contributed by atoms with van der Waals surface area (Å²) in [5.41, 5.74) is -0.537. The zero-order valence-electron chi connectivity index (χ0n) is 10.8. The molecule has 0 aromatic heterocycles. The molecular formula is C14H17NO3S. The molecule has 0 aliphatic heterocycles. The number of aliphatic carboxylic acids is 1. The Hall–Kier alpha value is -1.49. The van der Waals surface area contributed by atoms with Crippen LogP contribution < -0.4 is 5.32 Å². The Morgan fingerprint density at radius 3 is 2.47 bits per heavy atom. The molecule has 0 unspecified atom stereocenters. The summed E-state index contributed by atoms with van der Waals surface area (Å²) in [4.78, 5) is 24.6.